The molecule has 0 radical (unpaired) electrons. The zero-order valence-electron chi connectivity index (χ0n) is 34.3. The third-order valence-corrected chi connectivity index (χ3v) is 14.8. The quantitative estimate of drug-likeness (QED) is 0.205. The fourth-order valence-corrected chi connectivity index (χ4v) is 10.6. The van der Waals surface area contributed by atoms with Gasteiger partial charge in [-0.05, 0) is 92.5 Å². The number of sulfonamides is 1. The monoisotopic (exact) mass is 840 g/mol. The molecular formula is C44H52N6O9S. The minimum atomic E-state index is -3.93. The molecule has 16 heteroatoms. The summed E-state index contributed by atoms with van der Waals surface area (Å²) < 4.78 is 46.3. The summed E-state index contributed by atoms with van der Waals surface area (Å²) in [6.07, 6.45) is 6.25. The highest BCUT2D eigenvalue weighted by molar-refractivity contribution is 7.91. The number of methoxy groups -OCH3 is 1. The first-order valence-corrected chi connectivity index (χ1v) is 22.5. The number of nitrogens with zero attached hydrogens (tertiary/aromatic N) is 3. The largest absolute Gasteiger partial charge is 0.496 e. The Balaban J connectivity index is 1.20. The Bertz CT molecular complexity index is 2420. The van der Waals surface area contributed by atoms with E-state index < -0.39 is 74.1 Å². The molecule has 15 nitrogen and oxygen atoms in total. The van der Waals surface area contributed by atoms with Gasteiger partial charge in [-0.1, -0.05) is 38.8 Å². The van der Waals surface area contributed by atoms with E-state index in [9.17, 15) is 32.9 Å². The molecule has 3 heterocycles. The highest BCUT2D eigenvalue weighted by Gasteiger charge is 2.62. The molecule has 5 aliphatic rings. The van der Waals surface area contributed by atoms with Gasteiger partial charge in [0, 0.05) is 28.5 Å². The third kappa shape index (κ3) is 8.08. The van der Waals surface area contributed by atoms with Crippen LogP contribution in [0.1, 0.15) is 89.2 Å². The van der Waals surface area contributed by atoms with Crippen LogP contribution in [0.25, 0.3) is 21.7 Å². The van der Waals surface area contributed by atoms with E-state index in [4.69, 9.17) is 19.2 Å². The molecule has 0 spiro atoms. The van der Waals surface area contributed by atoms with Crippen LogP contribution in [0, 0.1) is 28.6 Å². The van der Waals surface area contributed by atoms with E-state index in [1.807, 2.05) is 32.0 Å². The molecule has 4 bridgehead atoms. The van der Waals surface area contributed by atoms with Crippen molar-refractivity contribution in [3.8, 4) is 17.7 Å². The van der Waals surface area contributed by atoms with Crippen molar-refractivity contribution in [3.05, 3.63) is 54.1 Å². The molecule has 1 aromatic heterocycles. The first-order valence-electron chi connectivity index (χ1n) is 20.9. The number of hydrogen-bond donors (Lipinski definition) is 3. The number of amides is 4. The van der Waals surface area contributed by atoms with Crippen molar-refractivity contribution >= 4 is 55.5 Å². The van der Waals surface area contributed by atoms with E-state index in [0.29, 0.717) is 60.7 Å². The molecular weight excluding hydrogens is 789 g/mol. The summed E-state index contributed by atoms with van der Waals surface area (Å²) in [5.41, 5.74) is -0.148. The number of benzene rings is 2. The van der Waals surface area contributed by atoms with E-state index in [1.165, 1.54) is 11.0 Å². The van der Waals surface area contributed by atoms with Crippen molar-refractivity contribution in [1.82, 2.24) is 25.2 Å². The molecule has 4 amide bonds. The molecule has 318 valence electrons. The lowest BCUT2D eigenvalue weighted by Gasteiger charge is -2.32. The van der Waals surface area contributed by atoms with Crippen molar-refractivity contribution in [2.45, 2.75) is 113 Å². The molecule has 3 aliphatic carbocycles. The van der Waals surface area contributed by atoms with Gasteiger partial charge < -0.3 is 29.7 Å². The average Bonchev–Trinajstić information content (AvgIpc) is 4.10. The van der Waals surface area contributed by atoms with Crippen LogP contribution in [0.3, 0.4) is 0 Å². The van der Waals surface area contributed by atoms with Crippen molar-refractivity contribution in [1.29, 1.82) is 5.26 Å². The van der Waals surface area contributed by atoms with Gasteiger partial charge in [0.15, 0.2) is 0 Å². The molecule has 8 rings (SSSR count). The molecule has 2 aliphatic heterocycles. The fraction of sp³-hybridized carbons (Fsp3) is 0.545. The van der Waals surface area contributed by atoms with Gasteiger partial charge in [-0.15, -0.1) is 6.58 Å². The predicted octanol–water partition coefficient (Wildman–Crippen LogP) is 4.93. The van der Waals surface area contributed by atoms with E-state index in [1.54, 1.807) is 19.2 Å². The van der Waals surface area contributed by atoms with E-state index >= 15 is 0 Å². The van der Waals surface area contributed by atoms with Gasteiger partial charge in [-0.25, -0.2) is 18.2 Å². The van der Waals surface area contributed by atoms with Crippen LogP contribution < -0.4 is 24.8 Å². The maximum atomic E-state index is 14.9. The highest BCUT2D eigenvalue weighted by atomic mass is 32.2. The van der Waals surface area contributed by atoms with Gasteiger partial charge in [-0.3, -0.25) is 19.1 Å². The molecule has 3 aromatic rings. The smallest absolute Gasteiger partial charge is 0.407 e. The van der Waals surface area contributed by atoms with Crippen LogP contribution in [0.4, 0.5) is 4.79 Å². The van der Waals surface area contributed by atoms with Crippen molar-refractivity contribution < 1.29 is 41.8 Å². The van der Waals surface area contributed by atoms with Crippen molar-refractivity contribution in [3.63, 3.8) is 0 Å². The van der Waals surface area contributed by atoms with Gasteiger partial charge in [0.2, 0.25) is 27.7 Å². The molecule has 60 heavy (non-hydrogen) atoms. The van der Waals surface area contributed by atoms with Crippen LogP contribution in [0.2, 0.25) is 0 Å². The Labute approximate surface area is 349 Å². The molecule has 3 N–H and O–H groups in total. The van der Waals surface area contributed by atoms with Gasteiger partial charge in [0.25, 0.3) is 5.91 Å². The Morgan fingerprint density at radius 2 is 1.85 bits per heavy atom. The standard InChI is InChI=1S/C44H52N6O9S/c1-5-28-21-44(28,41(53)49-60(55,56)30-13-14-30)48-38(51)35-19-29-23-50(35)40(52)37(26-9-6-7-10-26)47-42(54)58-24-43(2,3)16-8-11-27-18-33-32(20-36(27)57-4)31-15-12-25(22-45)17-34(31)46-39(33)59-29/h5,12,15,17-18,20,26,28-30,35,37H,1,6-11,13-14,16,19,21,23-24H2,2-4H3,(H,47,54)(H,48,51)(H,49,53)/t28-,29-,35+,37+,44-/m1/s1. The lowest BCUT2D eigenvalue weighted by atomic mass is 9.87. The summed E-state index contributed by atoms with van der Waals surface area (Å²) in [4.78, 5) is 63.0. The Morgan fingerprint density at radius 1 is 1.08 bits per heavy atom. The number of carbonyl (C=O) groups is 4. The normalized spacial score (nSPS) is 27.2. The zero-order valence-corrected chi connectivity index (χ0v) is 35.1. The van der Waals surface area contributed by atoms with E-state index in [-0.39, 0.29) is 37.8 Å². The first kappa shape index (κ1) is 41.3. The van der Waals surface area contributed by atoms with Crippen LogP contribution in [0.15, 0.2) is 43.0 Å². The molecule has 1 saturated heterocycles. The number of nitrogens with one attached hydrogen (secondary N) is 3. The van der Waals surface area contributed by atoms with Crippen LogP contribution in [-0.2, 0) is 35.6 Å². The number of hydrogen-bond acceptors (Lipinski definition) is 11. The van der Waals surface area contributed by atoms with Crippen LogP contribution in [-0.4, -0.2) is 91.4 Å². The topological polar surface area (TPSA) is 206 Å². The third-order valence-electron chi connectivity index (χ3n) is 13.0. The minimum absolute atomic E-state index is 0.00706. The predicted molar refractivity (Wildman–Crippen MR) is 221 cm³/mol. The van der Waals surface area contributed by atoms with Crippen molar-refractivity contribution in [2.75, 3.05) is 20.3 Å². The number of rotatable bonds is 8. The summed E-state index contributed by atoms with van der Waals surface area (Å²) in [6, 6.07) is 9.19. The number of aryl methyl sites for hydroxylation is 1. The van der Waals surface area contributed by atoms with E-state index in [0.717, 1.165) is 35.6 Å². The Hall–Kier alpha value is -5.43. The SMILES string of the molecule is C=C[C@@H]1C[C@]1(NC(=O)[C@@H]1C[C@@H]2CN1C(=O)[C@H](C1CCCC1)NC(=O)OCC(C)(C)CCCc1cc3c(nc4cc(C#N)ccc4c3cc1OC)O2)C(=O)NS(=O)(=O)C1CC1. The van der Waals surface area contributed by atoms with Crippen LogP contribution in [0.5, 0.6) is 11.6 Å². The number of cyclic esters (lactones) is 1. The number of pyridine rings is 1. The molecule has 0 unspecified atom stereocenters. The first-order chi connectivity index (χ1) is 28.6. The molecule has 4 fully saturated rings. The lowest BCUT2D eigenvalue weighted by Crippen LogP contribution is -2.59. The number of ether oxygens (including phenoxy) is 3. The minimum Gasteiger partial charge on any atom is -0.496 e. The van der Waals surface area contributed by atoms with E-state index in [2.05, 4.69) is 28.0 Å². The molecule has 2 aromatic carbocycles. The number of fused-ring (bicyclic) bond motifs is 5. The van der Waals surface area contributed by atoms with Gasteiger partial charge in [-0.2, -0.15) is 5.26 Å². The number of carbonyl (C=O) groups excluding carboxylic acids is 4. The summed E-state index contributed by atoms with van der Waals surface area (Å²) in [6.45, 7) is 7.90. The average molecular weight is 841 g/mol. The maximum absolute atomic E-state index is 14.9. The second-order valence-electron chi connectivity index (χ2n) is 17.9. The van der Waals surface area contributed by atoms with Crippen LogP contribution >= 0.6 is 0 Å². The zero-order chi connectivity index (χ0) is 42.6. The summed E-state index contributed by atoms with van der Waals surface area (Å²) >= 11 is 0. The maximum Gasteiger partial charge on any atom is 0.407 e. The lowest BCUT2D eigenvalue weighted by molar-refractivity contribution is -0.142. The van der Waals surface area contributed by atoms with Gasteiger partial charge in [0.05, 0.1) is 42.7 Å². The Morgan fingerprint density at radius 3 is 2.53 bits per heavy atom. The van der Waals surface area contributed by atoms with Crippen molar-refractivity contribution in [2.24, 2.45) is 17.3 Å². The number of nitriles is 1. The summed E-state index contributed by atoms with van der Waals surface area (Å²) in [5.74, 6) is -1.83. The van der Waals surface area contributed by atoms with Gasteiger partial charge in [0.1, 0.15) is 29.5 Å². The second kappa shape index (κ2) is 15.9. The highest BCUT2D eigenvalue weighted by Crippen LogP contribution is 2.46. The summed E-state index contributed by atoms with van der Waals surface area (Å²) in [5, 5.41) is 17.1. The van der Waals surface area contributed by atoms with Gasteiger partial charge >= 0.3 is 6.09 Å². The second-order valence-corrected chi connectivity index (χ2v) is 19.9. The molecule has 3 saturated carbocycles. The Kier molecular flexibility index (Phi) is 10.9. The number of aromatic nitrogens is 1. The molecule has 5 atom stereocenters. The summed E-state index contributed by atoms with van der Waals surface area (Å²) in [7, 11) is -2.32. The number of alkyl carbamates (subject to hydrolysis) is 1. The fourth-order valence-electron chi connectivity index (χ4n) is 9.25.